The largest absolute Gasteiger partial charge is 0.497 e. The Kier molecular flexibility index (Phi) is 5.12. The average Bonchev–Trinajstić information content (AvgIpc) is 3.34. The number of carbonyl (C=O) groups excluding carboxylic acids is 1. The molecular weight excluding hydrogens is 410 g/mol. The number of hydrogen-bond donors (Lipinski definition) is 0. The Balaban J connectivity index is 1.52. The van der Waals surface area contributed by atoms with E-state index in [9.17, 15) is 4.79 Å². The second-order valence-corrected chi connectivity index (χ2v) is 8.22. The molecule has 1 saturated heterocycles. The number of nitrogens with zero attached hydrogens (tertiary/aromatic N) is 3. The minimum Gasteiger partial charge on any atom is -0.497 e. The molecule has 5 nitrogen and oxygen atoms in total. The van der Waals surface area contributed by atoms with E-state index in [0.717, 1.165) is 33.9 Å². The van der Waals surface area contributed by atoms with Gasteiger partial charge in [-0.3, -0.25) is 4.79 Å². The van der Waals surface area contributed by atoms with E-state index >= 15 is 0 Å². The van der Waals surface area contributed by atoms with Crippen LogP contribution in [0.2, 0.25) is 5.02 Å². The monoisotopic (exact) mass is 431 g/mol. The van der Waals surface area contributed by atoms with Crippen molar-refractivity contribution < 1.29 is 9.53 Å². The molecule has 5 rings (SSSR count). The number of carbonyl (C=O) groups is 1. The van der Waals surface area contributed by atoms with Gasteiger partial charge in [0, 0.05) is 42.2 Å². The van der Waals surface area contributed by atoms with Gasteiger partial charge in [0.25, 0.3) is 0 Å². The Morgan fingerprint density at radius 3 is 2.74 bits per heavy atom. The number of anilines is 1. The van der Waals surface area contributed by atoms with E-state index in [1.165, 1.54) is 0 Å². The van der Waals surface area contributed by atoms with E-state index in [1.54, 1.807) is 7.11 Å². The Bertz CT molecular complexity index is 1270. The number of para-hydroxylation sites is 2. The molecule has 1 aliphatic heterocycles. The minimum atomic E-state index is 0.00489. The van der Waals surface area contributed by atoms with Gasteiger partial charge in [-0.15, -0.1) is 0 Å². The first kappa shape index (κ1) is 19.6. The molecule has 1 aromatic heterocycles. The van der Waals surface area contributed by atoms with Crippen LogP contribution in [0.3, 0.4) is 0 Å². The van der Waals surface area contributed by atoms with Crippen LogP contribution >= 0.6 is 11.6 Å². The third-order valence-corrected chi connectivity index (χ3v) is 6.00. The Morgan fingerprint density at radius 1 is 1.06 bits per heavy atom. The number of aromatic nitrogens is 2. The van der Waals surface area contributed by atoms with Crippen LogP contribution in [0.4, 0.5) is 5.69 Å². The summed E-state index contributed by atoms with van der Waals surface area (Å²) in [6.07, 6.45) is 0.427. The Hall–Kier alpha value is -3.31. The summed E-state index contributed by atoms with van der Waals surface area (Å²) in [6.45, 7) is 1.24. The van der Waals surface area contributed by atoms with E-state index in [4.69, 9.17) is 21.3 Å². The lowest BCUT2D eigenvalue weighted by Crippen LogP contribution is -2.24. The fourth-order valence-corrected chi connectivity index (χ4v) is 4.51. The first-order valence-electron chi connectivity index (χ1n) is 10.3. The number of amides is 1. The van der Waals surface area contributed by atoms with Gasteiger partial charge in [-0.1, -0.05) is 41.9 Å². The SMILES string of the molecule is COc1cccc(N2C[C@H](c3nc4ccccc4n3Cc3cccc(Cl)c3)CC2=O)c1. The van der Waals surface area contributed by atoms with Gasteiger partial charge in [0.2, 0.25) is 5.91 Å². The number of methoxy groups -OCH3 is 1. The van der Waals surface area contributed by atoms with Crippen molar-refractivity contribution in [1.29, 1.82) is 0 Å². The molecule has 0 unspecified atom stereocenters. The molecule has 0 N–H and O–H groups in total. The molecule has 6 heteroatoms. The van der Waals surface area contributed by atoms with Gasteiger partial charge in [-0.05, 0) is 42.0 Å². The first-order valence-corrected chi connectivity index (χ1v) is 10.6. The number of fused-ring (bicyclic) bond motifs is 1. The smallest absolute Gasteiger partial charge is 0.227 e. The predicted octanol–water partition coefficient (Wildman–Crippen LogP) is 5.27. The summed E-state index contributed by atoms with van der Waals surface area (Å²) >= 11 is 6.21. The summed E-state index contributed by atoms with van der Waals surface area (Å²) in [5.41, 5.74) is 3.95. The molecular formula is C25H22ClN3O2. The van der Waals surface area contributed by atoms with Crippen molar-refractivity contribution in [1.82, 2.24) is 9.55 Å². The van der Waals surface area contributed by atoms with Crippen LogP contribution in [0.1, 0.15) is 23.7 Å². The average molecular weight is 432 g/mol. The lowest BCUT2D eigenvalue weighted by Gasteiger charge is -2.18. The zero-order valence-electron chi connectivity index (χ0n) is 17.2. The van der Waals surface area contributed by atoms with Crippen molar-refractivity contribution in [3.63, 3.8) is 0 Å². The maximum atomic E-state index is 12.9. The number of halogens is 1. The van der Waals surface area contributed by atoms with Gasteiger partial charge in [0.15, 0.2) is 0 Å². The number of imidazole rings is 1. The summed E-state index contributed by atoms with van der Waals surface area (Å²) in [6, 6.07) is 23.6. The normalized spacial score (nSPS) is 16.3. The zero-order chi connectivity index (χ0) is 21.4. The lowest BCUT2D eigenvalue weighted by atomic mass is 10.1. The molecule has 1 fully saturated rings. The van der Waals surface area contributed by atoms with Crippen LogP contribution in [0.5, 0.6) is 5.75 Å². The van der Waals surface area contributed by atoms with E-state index in [2.05, 4.69) is 16.7 Å². The van der Waals surface area contributed by atoms with E-state index < -0.39 is 0 Å². The Morgan fingerprint density at radius 2 is 1.90 bits per heavy atom. The zero-order valence-corrected chi connectivity index (χ0v) is 17.9. The van der Waals surface area contributed by atoms with Gasteiger partial charge in [-0.25, -0.2) is 4.98 Å². The molecule has 31 heavy (non-hydrogen) atoms. The first-order chi connectivity index (χ1) is 15.1. The van der Waals surface area contributed by atoms with Crippen LogP contribution in [-0.4, -0.2) is 29.1 Å². The highest BCUT2D eigenvalue weighted by Crippen LogP contribution is 2.34. The molecule has 4 aromatic rings. The molecule has 0 saturated carbocycles. The number of benzene rings is 3. The highest BCUT2D eigenvalue weighted by molar-refractivity contribution is 6.30. The highest BCUT2D eigenvalue weighted by atomic mass is 35.5. The standard InChI is InChI=1S/C25H22ClN3O2/c1-31-21-9-5-8-20(14-21)28-16-18(13-24(28)30)25-27-22-10-2-3-11-23(22)29(25)15-17-6-4-7-19(26)12-17/h2-12,14,18H,13,15-16H2,1H3/t18-/m1/s1. The molecule has 1 amide bonds. The number of ether oxygens (including phenoxy) is 1. The molecule has 0 bridgehead atoms. The second-order valence-electron chi connectivity index (χ2n) is 7.78. The van der Waals surface area contributed by atoms with Gasteiger partial charge >= 0.3 is 0 Å². The van der Waals surface area contributed by atoms with Crippen LogP contribution in [0, 0.1) is 0 Å². The molecule has 0 aliphatic carbocycles. The number of rotatable bonds is 5. The third-order valence-electron chi connectivity index (χ3n) is 5.77. The highest BCUT2D eigenvalue weighted by Gasteiger charge is 2.35. The van der Waals surface area contributed by atoms with Crippen molar-refractivity contribution >= 4 is 34.2 Å². The third kappa shape index (κ3) is 3.77. The van der Waals surface area contributed by atoms with Gasteiger partial charge in [0.1, 0.15) is 11.6 Å². The van der Waals surface area contributed by atoms with Crippen molar-refractivity contribution in [2.75, 3.05) is 18.6 Å². The number of hydrogen-bond acceptors (Lipinski definition) is 3. The molecule has 1 atom stereocenters. The van der Waals surface area contributed by atoms with Crippen LogP contribution in [0.25, 0.3) is 11.0 Å². The maximum absolute atomic E-state index is 12.9. The van der Waals surface area contributed by atoms with Crippen molar-refractivity contribution in [3.8, 4) is 5.75 Å². The van der Waals surface area contributed by atoms with E-state index in [-0.39, 0.29) is 11.8 Å². The molecule has 0 radical (unpaired) electrons. The van der Waals surface area contributed by atoms with Crippen molar-refractivity contribution in [3.05, 3.63) is 89.2 Å². The summed E-state index contributed by atoms with van der Waals surface area (Å²) in [5.74, 6) is 1.77. The molecule has 2 heterocycles. The topological polar surface area (TPSA) is 47.4 Å². The van der Waals surface area contributed by atoms with Crippen LogP contribution in [-0.2, 0) is 11.3 Å². The minimum absolute atomic E-state index is 0.00489. The van der Waals surface area contributed by atoms with E-state index in [0.29, 0.717) is 24.5 Å². The quantitative estimate of drug-likeness (QED) is 0.432. The van der Waals surface area contributed by atoms with Crippen LogP contribution < -0.4 is 9.64 Å². The lowest BCUT2D eigenvalue weighted by molar-refractivity contribution is -0.117. The fourth-order valence-electron chi connectivity index (χ4n) is 4.30. The van der Waals surface area contributed by atoms with E-state index in [1.807, 2.05) is 65.6 Å². The summed E-state index contributed by atoms with van der Waals surface area (Å²) in [7, 11) is 1.63. The summed E-state index contributed by atoms with van der Waals surface area (Å²) in [4.78, 5) is 19.7. The summed E-state index contributed by atoms with van der Waals surface area (Å²) < 4.78 is 7.55. The maximum Gasteiger partial charge on any atom is 0.227 e. The Labute approximate surface area is 185 Å². The summed E-state index contributed by atoms with van der Waals surface area (Å²) in [5, 5.41) is 0.712. The molecule has 1 aliphatic rings. The molecule has 3 aromatic carbocycles. The predicted molar refractivity (Wildman–Crippen MR) is 123 cm³/mol. The fraction of sp³-hybridized carbons (Fsp3) is 0.200. The molecule has 0 spiro atoms. The van der Waals surface area contributed by atoms with Gasteiger partial charge < -0.3 is 14.2 Å². The molecule has 156 valence electrons. The van der Waals surface area contributed by atoms with Crippen LogP contribution in [0.15, 0.2) is 72.8 Å². The van der Waals surface area contributed by atoms with Gasteiger partial charge in [0.05, 0.1) is 18.1 Å². The van der Waals surface area contributed by atoms with Gasteiger partial charge in [-0.2, -0.15) is 0 Å². The van der Waals surface area contributed by atoms with Crippen molar-refractivity contribution in [2.24, 2.45) is 0 Å². The van der Waals surface area contributed by atoms with Crippen molar-refractivity contribution in [2.45, 2.75) is 18.9 Å². The second kappa shape index (κ2) is 8.08.